The van der Waals surface area contributed by atoms with Crippen LogP contribution in [0, 0.1) is 6.92 Å². The van der Waals surface area contributed by atoms with Gasteiger partial charge in [0, 0.05) is 37.9 Å². The molecule has 0 aromatic heterocycles. The zero-order valence-electron chi connectivity index (χ0n) is 18.2. The lowest BCUT2D eigenvalue weighted by atomic mass is 10.1. The van der Waals surface area contributed by atoms with Crippen molar-refractivity contribution in [3.63, 3.8) is 0 Å². The number of hydrogen-bond acceptors (Lipinski definition) is 4. The molecule has 2 amide bonds. The predicted octanol–water partition coefficient (Wildman–Crippen LogP) is 2.77. The molecular formula is C24H32N4O2. The van der Waals surface area contributed by atoms with Gasteiger partial charge in [-0.25, -0.2) is 0 Å². The van der Waals surface area contributed by atoms with Gasteiger partial charge < -0.3 is 10.2 Å². The highest BCUT2D eigenvalue weighted by Gasteiger charge is 2.25. The van der Waals surface area contributed by atoms with E-state index in [2.05, 4.69) is 41.4 Å². The molecule has 1 atom stereocenters. The number of likely N-dealkylation sites (N-methyl/N-ethyl adjacent to an activating group) is 1. The lowest BCUT2D eigenvalue weighted by Gasteiger charge is -2.38. The molecule has 1 N–H and O–H groups in total. The Bertz CT molecular complexity index is 830. The second-order valence-electron chi connectivity index (χ2n) is 8.09. The third-order valence-corrected chi connectivity index (χ3v) is 5.65. The van der Waals surface area contributed by atoms with Crippen LogP contribution in [0.2, 0.25) is 0 Å². The highest BCUT2D eigenvalue weighted by molar-refractivity contribution is 5.92. The number of anilines is 1. The van der Waals surface area contributed by atoms with Gasteiger partial charge in [-0.05, 0) is 38.6 Å². The number of amides is 2. The van der Waals surface area contributed by atoms with E-state index in [4.69, 9.17) is 0 Å². The van der Waals surface area contributed by atoms with Crippen molar-refractivity contribution in [1.29, 1.82) is 0 Å². The fourth-order valence-electron chi connectivity index (χ4n) is 3.77. The highest BCUT2D eigenvalue weighted by Crippen LogP contribution is 2.21. The van der Waals surface area contributed by atoms with Crippen LogP contribution in [-0.2, 0) is 9.59 Å². The molecule has 1 saturated heterocycles. The average Bonchev–Trinajstić information content (AvgIpc) is 2.75. The minimum Gasteiger partial charge on any atom is -0.339 e. The number of rotatable bonds is 7. The third-order valence-electron chi connectivity index (χ3n) is 5.65. The summed E-state index contributed by atoms with van der Waals surface area (Å²) in [7, 11) is 1.81. The first-order valence-corrected chi connectivity index (χ1v) is 10.5. The molecule has 0 radical (unpaired) electrons. The maximum Gasteiger partial charge on any atom is 0.238 e. The molecule has 2 aromatic rings. The number of carbonyl (C=O) groups is 2. The van der Waals surface area contributed by atoms with Crippen LogP contribution < -0.4 is 5.32 Å². The van der Waals surface area contributed by atoms with Crippen molar-refractivity contribution in [3.8, 4) is 0 Å². The first-order chi connectivity index (χ1) is 14.4. The Morgan fingerprint density at radius 2 is 1.60 bits per heavy atom. The third kappa shape index (κ3) is 6.15. The molecule has 160 valence electrons. The van der Waals surface area contributed by atoms with Crippen LogP contribution >= 0.6 is 0 Å². The number of piperazine rings is 1. The summed E-state index contributed by atoms with van der Waals surface area (Å²) in [5, 5.41) is 2.87. The molecule has 30 heavy (non-hydrogen) atoms. The number of nitrogens with one attached hydrogen (secondary N) is 1. The van der Waals surface area contributed by atoms with Gasteiger partial charge in [-0.1, -0.05) is 48.0 Å². The van der Waals surface area contributed by atoms with Crippen LogP contribution in [0.1, 0.15) is 24.1 Å². The van der Waals surface area contributed by atoms with Crippen molar-refractivity contribution in [1.82, 2.24) is 14.7 Å². The maximum atomic E-state index is 12.7. The van der Waals surface area contributed by atoms with Crippen molar-refractivity contribution in [2.45, 2.75) is 19.9 Å². The van der Waals surface area contributed by atoms with Crippen LogP contribution in [0.15, 0.2) is 54.6 Å². The predicted molar refractivity (Wildman–Crippen MR) is 120 cm³/mol. The Morgan fingerprint density at radius 3 is 2.23 bits per heavy atom. The standard InChI is InChI=1S/C24H32N4O2/c1-19-9-11-22(12-10-19)25-23(29)17-26(3)18-24(30)28-15-13-27(14-16-28)20(2)21-7-5-4-6-8-21/h4-12,20H,13-18H2,1-3H3,(H,25,29)/t20-/m1/s1. The van der Waals surface area contributed by atoms with Crippen LogP contribution in [0.3, 0.4) is 0 Å². The average molecular weight is 409 g/mol. The van der Waals surface area contributed by atoms with Crippen molar-refractivity contribution >= 4 is 17.5 Å². The fourth-order valence-corrected chi connectivity index (χ4v) is 3.77. The van der Waals surface area contributed by atoms with E-state index in [1.54, 1.807) is 11.9 Å². The monoisotopic (exact) mass is 408 g/mol. The summed E-state index contributed by atoms with van der Waals surface area (Å²) < 4.78 is 0. The highest BCUT2D eigenvalue weighted by atomic mass is 16.2. The Balaban J connectivity index is 1.41. The first-order valence-electron chi connectivity index (χ1n) is 10.5. The molecule has 1 heterocycles. The van der Waals surface area contributed by atoms with E-state index in [-0.39, 0.29) is 24.9 Å². The lowest BCUT2D eigenvalue weighted by Crippen LogP contribution is -2.51. The Kier molecular flexibility index (Phi) is 7.60. The van der Waals surface area contributed by atoms with Gasteiger partial charge in [0.1, 0.15) is 0 Å². The van der Waals surface area contributed by atoms with Gasteiger partial charge in [0.05, 0.1) is 13.1 Å². The smallest absolute Gasteiger partial charge is 0.238 e. The normalized spacial score (nSPS) is 15.8. The second-order valence-corrected chi connectivity index (χ2v) is 8.09. The van der Waals surface area contributed by atoms with Crippen molar-refractivity contribution in [2.24, 2.45) is 0 Å². The molecule has 1 aliphatic rings. The Hall–Kier alpha value is -2.70. The van der Waals surface area contributed by atoms with E-state index in [1.807, 2.05) is 42.2 Å². The van der Waals surface area contributed by atoms with Gasteiger partial charge in [-0.3, -0.25) is 19.4 Å². The van der Waals surface area contributed by atoms with E-state index in [0.717, 1.165) is 37.4 Å². The first kappa shape index (κ1) is 22.0. The van der Waals surface area contributed by atoms with Gasteiger partial charge in [0.25, 0.3) is 0 Å². The number of carbonyl (C=O) groups excluding carboxylic acids is 2. The fraction of sp³-hybridized carbons (Fsp3) is 0.417. The SMILES string of the molecule is Cc1ccc(NC(=O)CN(C)CC(=O)N2CCN([C@H](C)c3ccccc3)CC2)cc1. The molecule has 0 unspecified atom stereocenters. The van der Waals surface area contributed by atoms with Crippen LogP contribution in [0.4, 0.5) is 5.69 Å². The summed E-state index contributed by atoms with van der Waals surface area (Å²) in [4.78, 5) is 31.0. The molecular weight excluding hydrogens is 376 g/mol. The molecule has 0 bridgehead atoms. The summed E-state index contributed by atoms with van der Waals surface area (Å²) in [6.07, 6.45) is 0. The minimum atomic E-state index is -0.115. The van der Waals surface area contributed by atoms with Gasteiger partial charge >= 0.3 is 0 Å². The lowest BCUT2D eigenvalue weighted by molar-refractivity contribution is -0.134. The summed E-state index contributed by atoms with van der Waals surface area (Å²) in [5.41, 5.74) is 3.22. The molecule has 6 heteroatoms. The molecule has 3 rings (SSSR count). The summed E-state index contributed by atoms with van der Waals surface area (Å²) in [6.45, 7) is 7.82. The minimum absolute atomic E-state index is 0.0765. The van der Waals surface area contributed by atoms with Gasteiger partial charge in [0.15, 0.2) is 0 Å². The zero-order valence-corrected chi connectivity index (χ0v) is 18.2. The molecule has 6 nitrogen and oxygen atoms in total. The molecule has 2 aromatic carbocycles. The van der Waals surface area contributed by atoms with E-state index in [9.17, 15) is 9.59 Å². The topological polar surface area (TPSA) is 55.9 Å². The van der Waals surface area contributed by atoms with E-state index < -0.39 is 0 Å². The molecule has 0 aliphatic carbocycles. The van der Waals surface area contributed by atoms with Crippen molar-refractivity contribution < 1.29 is 9.59 Å². The number of nitrogens with zero attached hydrogens (tertiary/aromatic N) is 3. The zero-order chi connectivity index (χ0) is 21.5. The van der Waals surface area contributed by atoms with Gasteiger partial charge in [-0.2, -0.15) is 0 Å². The second kappa shape index (κ2) is 10.4. The van der Waals surface area contributed by atoms with E-state index in [1.165, 1.54) is 5.56 Å². The number of hydrogen-bond donors (Lipinski definition) is 1. The van der Waals surface area contributed by atoms with E-state index in [0.29, 0.717) is 6.04 Å². The summed E-state index contributed by atoms with van der Waals surface area (Å²) >= 11 is 0. The Labute approximate surface area is 179 Å². The Morgan fingerprint density at radius 1 is 0.967 bits per heavy atom. The summed E-state index contributed by atoms with van der Waals surface area (Å²) in [6, 6.07) is 18.5. The van der Waals surface area contributed by atoms with Crippen LogP contribution in [0.5, 0.6) is 0 Å². The largest absolute Gasteiger partial charge is 0.339 e. The molecule has 0 saturated carbocycles. The quantitative estimate of drug-likeness (QED) is 0.766. The van der Waals surface area contributed by atoms with Crippen molar-refractivity contribution in [2.75, 3.05) is 51.6 Å². The van der Waals surface area contributed by atoms with Crippen molar-refractivity contribution in [3.05, 3.63) is 65.7 Å². The number of aryl methyl sites for hydroxylation is 1. The van der Waals surface area contributed by atoms with Gasteiger partial charge in [0.2, 0.25) is 11.8 Å². The molecule has 1 aliphatic heterocycles. The van der Waals surface area contributed by atoms with Crippen LogP contribution in [-0.4, -0.2) is 72.8 Å². The van der Waals surface area contributed by atoms with E-state index >= 15 is 0 Å². The van der Waals surface area contributed by atoms with Gasteiger partial charge in [-0.15, -0.1) is 0 Å². The van der Waals surface area contributed by atoms with Crippen LogP contribution in [0.25, 0.3) is 0 Å². The maximum absolute atomic E-state index is 12.7. The molecule has 0 spiro atoms. The molecule has 1 fully saturated rings. The summed E-state index contributed by atoms with van der Waals surface area (Å²) in [5.74, 6) is -0.0386. The number of benzene rings is 2.